The second-order valence-corrected chi connectivity index (χ2v) is 6.89. The Balaban J connectivity index is 1.96. The Labute approximate surface area is 161 Å². The maximum absolute atomic E-state index is 12.5. The molecule has 1 aliphatic rings. The van der Waals surface area contributed by atoms with E-state index in [0.717, 1.165) is 31.2 Å². The van der Waals surface area contributed by atoms with Crippen LogP contribution >= 0.6 is 0 Å². The van der Waals surface area contributed by atoms with Gasteiger partial charge in [-0.1, -0.05) is 18.9 Å². The summed E-state index contributed by atoms with van der Waals surface area (Å²) in [5.41, 5.74) is 0.908. The molecule has 0 amide bonds. The molecule has 0 bridgehead atoms. The highest BCUT2D eigenvalue weighted by Gasteiger charge is 2.25. The van der Waals surface area contributed by atoms with Crippen LogP contribution in [0.25, 0.3) is 0 Å². The lowest BCUT2D eigenvalue weighted by Gasteiger charge is -2.20. The van der Waals surface area contributed by atoms with Crippen LogP contribution in [0.2, 0.25) is 0 Å². The number of carbonyl (C=O) groups excluding carboxylic acids is 1. The third-order valence-electron chi connectivity index (χ3n) is 4.84. The van der Waals surface area contributed by atoms with E-state index in [1.807, 2.05) is 18.2 Å². The van der Waals surface area contributed by atoms with Crippen molar-refractivity contribution in [2.45, 2.75) is 63.6 Å². The van der Waals surface area contributed by atoms with Gasteiger partial charge in [-0.05, 0) is 43.4 Å². The highest BCUT2D eigenvalue weighted by atomic mass is 16.6. The number of rotatable bonds is 10. The lowest BCUT2D eigenvalue weighted by molar-refractivity contribution is -0.161. The Bertz CT molecular complexity index is 566. The number of ether oxygens (including phenoxy) is 4. The second kappa shape index (κ2) is 11.8. The van der Waals surface area contributed by atoms with Crippen LogP contribution in [0.4, 0.5) is 0 Å². The zero-order valence-corrected chi connectivity index (χ0v) is 16.4. The van der Waals surface area contributed by atoms with E-state index in [4.69, 9.17) is 24.1 Å². The molecule has 1 N–H and O–H groups in total. The minimum atomic E-state index is -0.640. The Morgan fingerprint density at radius 1 is 1.15 bits per heavy atom. The molecule has 0 heterocycles. The Hall–Kier alpha value is -1.79. The monoisotopic (exact) mass is 380 g/mol. The molecule has 1 saturated carbocycles. The van der Waals surface area contributed by atoms with Gasteiger partial charge in [0.05, 0.1) is 13.7 Å². The minimum Gasteiger partial charge on any atom is -0.493 e. The largest absolute Gasteiger partial charge is 0.493 e. The van der Waals surface area contributed by atoms with Gasteiger partial charge in [0, 0.05) is 26.6 Å². The first-order valence-electron chi connectivity index (χ1n) is 9.81. The molecule has 0 aliphatic heterocycles. The average molecular weight is 380 g/mol. The predicted octanol–water partition coefficient (Wildman–Crippen LogP) is 3.28. The molecule has 1 aliphatic carbocycles. The van der Waals surface area contributed by atoms with E-state index in [9.17, 15) is 4.79 Å². The van der Waals surface area contributed by atoms with Crippen molar-refractivity contribution in [3.05, 3.63) is 23.8 Å². The first kappa shape index (κ1) is 21.5. The van der Waals surface area contributed by atoms with Crippen molar-refractivity contribution >= 4 is 5.97 Å². The lowest BCUT2D eigenvalue weighted by Crippen LogP contribution is -2.31. The lowest BCUT2D eigenvalue weighted by atomic mass is 10.1. The maximum Gasteiger partial charge on any atom is 0.335 e. The highest BCUT2D eigenvalue weighted by molar-refractivity contribution is 5.75. The van der Waals surface area contributed by atoms with E-state index in [0.29, 0.717) is 30.9 Å². The van der Waals surface area contributed by atoms with Gasteiger partial charge in [0.25, 0.3) is 0 Å². The summed E-state index contributed by atoms with van der Waals surface area (Å²) in [5, 5.41) is 8.86. The van der Waals surface area contributed by atoms with E-state index in [1.165, 1.54) is 20.0 Å². The van der Waals surface area contributed by atoms with E-state index in [2.05, 4.69) is 0 Å². The molecular formula is C21H32O6. The van der Waals surface area contributed by atoms with Crippen molar-refractivity contribution in [1.29, 1.82) is 0 Å². The van der Waals surface area contributed by atoms with E-state index in [-0.39, 0.29) is 18.7 Å². The molecule has 1 aromatic rings. The fourth-order valence-corrected chi connectivity index (χ4v) is 3.28. The van der Waals surface area contributed by atoms with Crippen LogP contribution in [-0.4, -0.2) is 50.7 Å². The van der Waals surface area contributed by atoms with Crippen LogP contribution in [-0.2, 0) is 20.7 Å². The first-order chi connectivity index (χ1) is 13.2. The molecule has 0 spiro atoms. The maximum atomic E-state index is 12.5. The van der Waals surface area contributed by atoms with Gasteiger partial charge in [-0.2, -0.15) is 0 Å². The van der Waals surface area contributed by atoms with Gasteiger partial charge in [-0.15, -0.1) is 0 Å². The topological polar surface area (TPSA) is 74.2 Å². The Morgan fingerprint density at radius 2 is 1.89 bits per heavy atom. The smallest absolute Gasteiger partial charge is 0.335 e. The number of benzene rings is 1. The number of aliphatic hydroxyl groups is 1. The van der Waals surface area contributed by atoms with Crippen LogP contribution < -0.4 is 9.47 Å². The quantitative estimate of drug-likeness (QED) is 0.381. The standard InChI is InChI=1S/C21H32O6/c1-24-19-14-16(10-11-18(19)26-13-7-12-22)15-20(25-2)21(23)27-17-8-5-3-4-6-9-17/h10-11,14,17,20,22H,3-9,12-13,15H2,1-2H3/t20-/m0/s1. The van der Waals surface area contributed by atoms with Gasteiger partial charge in [0.2, 0.25) is 0 Å². The van der Waals surface area contributed by atoms with Crippen LogP contribution in [0, 0.1) is 0 Å². The second-order valence-electron chi connectivity index (χ2n) is 6.89. The molecule has 0 saturated heterocycles. The minimum absolute atomic E-state index is 0.00878. The third kappa shape index (κ3) is 7.03. The summed E-state index contributed by atoms with van der Waals surface area (Å²) in [7, 11) is 3.11. The molecule has 1 aromatic carbocycles. The Kier molecular flexibility index (Phi) is 9.42. The summed E-state index contributed by atoms with van der Waals surface area (Å²) < 4.78 is 22.1. The van der Waals surface area contributed by atoms with Crippen molar-refractivity contribution in [2.24, 2.45) is 0 Å². The van der Waals surface area contributed by atoms with Gasteiger partial charge in [-0.25, -0.2) is 4.79 Å². The van der Waals surface area contributed by atoms with Crippen molar-refractivity contribution in [2.75, 3.05) is 27.4 Å². The first-order valence-corrected chi connectivity index (χ1v) is 9.81. The molecule has 152 valence electrons. The number of hydrogen-bond donors (Lipinski definition) is 1. The number of carbonyl (C=O) groups is 1. The van der Waals surface area contributed by atoms with Crippen LogP contribution in [0.3, 0.4) is 0 Å². The molecule has 0 radical (unpaired) electrons. The predicted molar refractivity (Wildman–Crippen MR) is 102 cm³/mol. The Morgan fingerprint density at radius 3 is 2.52 bits per heavy atom. The molecule has 1 fully saturated rings. The van der Waals surface area contributed by atoms with E-state index >= 15 is 0 Å². The molecule has 27 heavy (non-hydrogen) atoms. The normalized spacial score (nSPS) is 16.4. The zero-order valence-electron chi connectivity index (χ0n) is 16.4. The summed E-state index contributed by atoms with van der Waals surface area (Å²) in [4.78, 5) is 12.5. The summed E-state index contributed by atoms with van der Waals surface area (Å²) in [6.45, 7) is 0.500. The number of esters is 1. The van der Waals surface area contributed by atoms with Crippen molar-refractivity contribution in [3.8, 4) is 11.5 Å². The van der Waals surface area contributed by atoms with E-state index < -0.39 is 6.10 Å². The number of hydrogen-bond acceptors (Lipinski definition) is 6. The fraction of sp³-hybridized carbons (Fsp3) is 0.667. The van der Waals surface area contributed by atoms with Crippen LogP contribution in [0.5, 0.6) is 11.5 Å². The van der Waals surface area contributed by atoms with Crippen molar-refractivity contribution < 1.29 is 28.8 Å². The zero-order chi connectivity index (χ0) is 19.5. The van der Waals surface area contributed by atoms with Gasteiger partial charge < -0.3 is 24.1 Å². The van der Waals surface area contributed by atoms with Gasteiger partial charge >= 0.3 is 5.97 Å². The molecule has 0 aromatic heterocycles. The highest BCUT2D eigenvalue weighted by Crippen LogP contribution is 2.29. The summed E-state index contributed by atoms with van der Waals surface area (Å²) in [6, 6.07) is 5.55. The fourth-order valence-electron chi connectivity index (χ4n) is 3.28. The summed E-state index contributed by atoms with van der Waals surface area (Å²) in [6.07, 6.45) is 6.89. The molecule has 2 rings (SSSR count). The summed E-state index contributed by atoms with van der Waals surface area (Å²) >= 11 is 0. The molecular weight excluding hydrogens is 348 g/mol. The average Bonchev–Trinajstić information content (AvgIpc) is 2.95. The number of aliphatic hydroxyl groups excluding tert-OH is 1. The molecule has 0 unspecified atom stereocenters. The van der Waals surface area contributed by atoms with Gasteiger partial charge in [0.1, 0.15) is 6.10 Å². The third-order valence-corrected chi connectivity index (χ3v) is 4.84. The molecule has 6 nitrogen and oxygen atoms in total. The van der Waals surface area contributed by atoms with Crippen LogP contribution in [0.1, 0.15) is 50.5 Å². The summed E-state index contributed by atoms with van der Waals surface area (Å²) in [5.74, 6) is 0.911. The van der Waals surface area contributed by atoms with Crippen molar-refractivity contribution in [1.82, 2.24) is 0 Å². The SMILES string of the molecule is COc1cc(C[C@H](OC)C(=O)OC2CCCCCC2)ccc1OCCCO. The van der Waals surface area contributed by atoms with Gasteiger partial charge in [-0.3, -0.25) is 0 Å². The van der Waals surface area contributed by atoms with Crippen LogP contribution in [0.15, 0.2) is 18.2 Å². The van der Waals surface area contributed by atoms with E-state index in [1.54, 1.807) is 7.11 Å². The van der Waals surface area contributed by atoms with Gasteiger partial charge in [0.15, 0.2) is 17.6 Å². The van der Waals surface area contributed by atoms with Crippen molar-refractivity contribution in [3.63, 3.8) is 0 Å². The molecule has 1 atom stereocenters. The number of methoxy groups -OCH3 is 2. The molecule has 6 heteroatoms.